The normalized spacial score (nSPS) is 11.6. The quantitative estimate of drug-likeness (QED) is 0.154. The van der Waals surface area contributed by atoms with Gasteiger partial charge in [0.05, 0.1) is 11.0 Å². The maximum absolute atomic E-state index is 5.23. The van der Waals surface area contributed by atoms with E-state index in [1.807, 2.05) is 29.5 Å². The molecule has 0 fully saturated rings. The van der Waals surface area contributed by atoms with Crippen molar-refractivity contribution >= 4 is 53.3 Å². The molecule has 0 aliphatic heterocycles. The molecular formula is C54H38N4S. The van der Waals surface area contributed by atoms with E-state index in [0.29, 0.717) is 17.6 Å². The van der Waals surface area contributed by atoms with Crippen LogP contribution >= 0.6 is 11.3 Å². The Morgan fingerprint density at radius 1 is 0.424 bits per heavy atom. The second-order valence-corrected chi connectivity index (χ2v) is 16.2. The van der Waals surface area contributed by atoms with Gasteiger partial charge in [0.1, 0.15) is 0 Å². The van der Waals surface area contributed by atoms with Gasteiger partial charge in [-0.05, 0) is 75.7 Å². The summed E-state index contributed by atoms with van der Waals surface area (Å²) >= 11 is 1.87. The molecular weight excluding hydrogens is 737 g/mol. The molecule has 0 aliphatic rings. The lowest BCUT2D eigenvalue weighted by atomic mass is 9.99. The van der Waals surface area contributed by atoms with Crippen LogP contribution in [0.3, 0.4) is 0 Å². The molecule has 0 radical (unpaired) electrons. The molecule has 0 atom stereocenters. The fourth-order valence-electron chi connectivity index (χ4n) is 8.51. The number of rotatable bonds is 8. The highest BCUT2D eigenvalue weighted by molar-refractivity contribution is 7.26. The second kappa shape index (κ2) is 14.6. The minimum atomic E-state index is 0.588. The van der Waals surface area contributed by atoms with Gasteiger partial charge in [-0.3, -0.25) is 4.57 Å². The molecule has 11 rings (SSSR count). The Balaban J connectivity index is 1.05. The van der Waals surface area contributed by atoms with Gasteiger partial charge in [-0.2, -0.15) is 9.97 Å². The van der Waals surface area contributed by atoms with Gasteiger partial charge >= 0.3 is 0 Å². The van der Waals surface area contributed by atoms with Gasteiger partial charge in [0.15, 0.2) is 11.6 Å². The number of thiophene rings is 1. The van der Waals surface area contributed by atoms with Crippen LogP contribution in [0.1, 0.15) is 18.9 Å². The molecule has 3 heterocycles. The van der Waals surface area contributed by atoms with Crippen LogP contribution in [-0.2, 0) is 6.42 Å². The van der Waals surface area contributed by atoms with Crippen molar-refractivity contribution in [2.75, 3.05) is 0 Å². The summed E-state index contributed by atoms with van der Waals surface area (Å²) in [7, 11) is 0. The summed E-state index contributed by atoms with van der Waals surface area (Å²) in [5, 5.41) is 4.88. The summed E-state index contributed by atoms with van der Waals surface area (Å²) in [5.74, 6) is 1.86. The zero-order valence-corrected chi connectivity index (χ0v) is 33.3. The third kappa shape index (κ3) is 6.28. The Hall–Kier alpha value is -7.21. The predicted molar refractivity (Wildman–Crippen MR) is 248 cm³/mol. The standard InChI is InChI=1S/C54H38N4S/c1-2-13-35-14-11-19-40(32-35)37-24-26-39(27-25-37)53-55-52(38-17-7-4-8-18-38)56-54(57-53)58-48-23-10-9-20-44(48)46-34-42(28-30-49(46)58)43-21-12-22-45-47-33-41(36-15-5-3-6-16-36)29-31-50(47)59-51(43)45/h3-12,14-34H,2,13H2,1H3. The fourth-order valence-corrected chi connectivity index (χ4v) is 9.73. The fraction of sp³-hybridized carbons (Fsp3) is 0.0556. The SMILES string of the molecule is CCCc1cccc(-c2ccc(-c3nc(-c4ccccc4)nc(-n4c5ccccc5c5cc(-c6cccc7c6sc6ccc(-c8ccccc8)cc67)ccc54)n3)cc2)c1. The third-order valence-electron chi connectivity index (χ3n) is 11.4. The van der Waals surface area contributed by atoms with E-state index < -0.39 is 0 Å². The molecule has 0 saturated heterocycles. The summed E-state index contributed by atoms with van der Waals surface area (Å²) in [6.07, 6.45) is 2.20. The predicted octanol–water partition coefficient (Wildman–Crippen LogP) is 14.6. The first kappa shape index (κ1) is 35.0. The zero-order valence-electron chi connectivity index (χ0n) is 32.5. The highest BCUT2D eigenvalue weighted by Gasteiger charge is 2.19. The first-order valence-electron chi connectivity index (χ1n) is 20.2. The van der Waals surface area contributed by atoms with Crippen molar-refractivity contribution < 1.29 is 0 Å². The van der Waals surface area contributed by atoms with E-state index in [2.05, 4.69) is 181 Å². The lowest BCUT2D eigenvalue weighted by Gasteiger charge is -2.12. The topological polar surface area (TPSA) is 43.6 Å². The van der Waals surface area contributed by atoms with Crippen LogP contribution in [0.5, 0.6) is 0 Å². The van der Waals surface area contributed by atoms with E-state index in [0.717, 1.165) is 45.8 Å². The molecule has 11 aromatic rings. The molecule has 0 spiro atoms. The van der Waals surface area contributed by atoms with E-state index in [1.54, 1.807) is 0 Å². The molecule has 0 unspecified atom stereocenters. The number of hydrogen-bond acceptors (Lipinski definition) is 4. The van der Waals surface area contributed by atoms with Crippen LogP contribution < -0.4 is 0 Å². The average Bonchev–Trinajstić information content (AvgIpc) is 3.85. The minimum Gasteiger partial charge on any atom is -0.278 e. The molecule has 5 heteroatoms. The monoisotopic (exact) mass is 774 g/mol. The van der Waals surface area contributed by atoms with E-state index in [1.165, 1.54) is 59.1 Å². The van der Waals surface area contributed by atoms with Crippen molar-refractivity contribution in [2.24, 2.45) is 0 Å². The Morgan fingerprint density at radius 2 is 1.00 bits per heavy atom. The van der Waals surface area contributed by atoms with Gasteiger partial charge in [-0.1, -0.05) is 171 Å². The first-order valence-corrected chi connectivity index (χ1v) is 21.1. The number of benzene rings is 8. The Kier molecular flexibility index (Phi) is 8.67. The smallest absolute Gasteiger partial charge is 0.238 e. The molecule has 0 amide bonds. The number of aromatic nitrogens is 4. The molecule has 0 aliphatic carbocycles. The number of nitrogens with zero attached hydrogens (tertiary/aromatic N) is 4. The molecule has 59 heavy (non-hydrogen) atoms. The Labute approximate surface area is 346 Å². The van der Waals surface area contributed by atoms with Crippen molar-refractivity contribution in [1.82, 2.24) is 19.5 Å². The lowest BCUT2D eigenvalue weighted by Crippen LogP contribution is -2.06. The molecule has 0 N–H and O–H groups in total. The molecule has 0 bridgehead atoms. The number of hydrogen-bond donors (Lipinski definition) is 0. The van der Waals surface area contributed by atoms with Gasteiger partial charge in [0, 0.05) is 42.1 Å². The van der Waals surface area contributed by atoms with Crippen molar-refractivity contribution in [3.05, 3.63) is 194 Å². The highest BCUT2D eigenvalue weighted by Crippen LogP contribution is 2.43. The van der Waals surface area contributed by atoms with Gasteiger partial charge in [0.2, 0.25) is 5.95 Å². The summed E-state index contributed by atoms with van der Waals surface area (Å²) in [5.41, 5.74) is 12.6. The summed E-state index contributed by atoms with van der Waals surface area (Å²) in [4.78, 5) is 15.5. The molecule has 280 valence electrons. The van der Waals surface area contributed by atoms with Gasteiger partial charge in [0.25, 0.3) is 0 Å². The molecule has 4 nitrogen and oxygen atoms in total. The van der Waals surface area contributed by atoms with E-state index in [-0.39, 0.29) is 0 Å². The minimum absolute atomic E-state index is 0.588. The maximum Gasteiger partial charge on any atom is 0.238 e. The summed E-state index contributed by atoms with van der Waals surface area (Å²) in [6, 6.07) is 67.3. The number of aryl methyl sites for hydroxylation is 1. The third-order valence-corrected chi connectivity index (χ3v) is 12.6. The lowest BCUT2D eigenvalue weighted by molar-refractivity contribution is 0.922. The van der Waals surface area contributed by atoms with E-state index >= 15 is 0 Å². The number of fused-ring (bicyclic) bond motifs is 6. The van der Waals surface area contributed by atoms with Crippen LogP contribution in [0.2, 0.25) is 0 Å². The summed E-state index contributed by atoms with van der Waals surface area (Å²) < 4.78 is 4.79. The van der Waals surface area contributed by atoms with Crippen LogP contribution in [0, 0.1) is 0 Å². The van der Waals surface area contributed by atoms with Gasteiger partial charge in [-0.25, -0.2) is 4.98 Å². The van der Waals surface area contributed by atoms with Crippen molar-refractivity contribution in [2.45, 2.75) is 19.8 Å². The average molecular weight is 775 g/mol. The highest BCUT2D eigenvalue weighted by atomic mass is 32.1. The molecule has 0 saturated carbocycles. The van der Waals surface area contributed by atoms with E-state index in [4.69, 9.17) is 15.0 Å². The van der Waals surface area contributed by atoms with Crippen LogP contribution in [0.15, 0.2) is 188 Å². The Bertz CT molecular complexity index is 3330. The second-order valence-electron chi connectivity index (χ2n) is 15.1. The van der Waals surface area contributed by atoms with Crippen molar-refractivity contribution in [1.29, 1.82) is 0 Å². The van der Waals surface area contributed by atoms with Crippen LogP contribution in [0.25, 0.3) is 104 Å². The maximum atomic E-state index is 5.23. The largest absolute Gasteiger partial charge is 0.278 e. The molecule has 3 aromatic heterocycles. The van der Waals surface area contributed by atoms with Crippen LogP contribution in [0.4, 0.5) is 0 Å². The zero-order chi connectivity index (χ0) is 39.3. The van der Waals surface area contributed by atoms with E-state index in [9.17, 15) is 0 Å². The van der Waals surface area contributed by atoms with Gasteiger partial charge in [-0.15, -0.1) is 11.3 Å². The van der Waals surface area contributed by atoms with Crippen molar-refractivity contribution in [3.63, 3.8) is 0 Å². The first-order chi connectivity index (χ1) is 29.2. The van der Waals surface area contributed by atoms with Gasteiger partial charge < -0.3 is 0 Å². The Morgan fingerprint density at radius 3 is 1.80 bits per heavy atom. The number of para-hydroxylation sites is 1. The summed E-state index contributed by atoms with van der Waals surface area (Å²) in [6.45, 7) is 2.22. The van der Waals surface area contributed by atoms with Crippen LogP contribution in [-0.4, -0.2) is 19.5 Å². The van der Waals surface area contributed by atoms with Crippen molar-refractivity contribution in [3.8, 4) is 62.1 Å². The molecule has 8 aromatic carbocycles.